The lowest BCUT2D eigenvalue weighted by Crippen LogP contribution is -2.40. The first-order valence-electron chi connectivity index (χ1n) is 12.8. The number of carbonyl (C=O) groups is 3. The third-order valence-electron chi connectivity index (χ3n) is 7.51. The van der Waals surface area contributed by atoms with E-state index in [0.717, 1.165) is 18.2 Å². The molecule has 1 saturated heterocycles. The molecule has 4 rings (SSSR count). The maximum absolute atomic E-state index is 13.2. The van der Waals surface area contributed by atoms with Gasteiger partial charge in [0.15, 0.2) is 0 Å². The number of aliphatic hydroxyl groups excluding tert-OH is 2. The van der Waals surface area contributed by atoms with Gasteiger partial charge in [0.1, 0.15) is 5.75 Å². The molecular formula is C30H33NO8. The average molecular weight is 536 g/mol. The van der Waals surface area contributed by atoms with Crippen molar-refractivity contribution in [3.63, 3.8) is 0 Å². The lowest BCUT2D eigenvalue weighted by atomic mass is 9.68. The number of amides is 3. The van der Waals surface area contributed by atoms with Crippen molar-refractivity contribution in [3.8, 4) is 5.75 Å². The first kappa shape index (κ1) is 28.2. The van der Waals surface area contributed by atoms with Crippen LogP contribution in [0.3, 0.4) is 0 Å². The summed E-state index contributed by atoms with van der Waals surface area (Å²) in [7, 11) is 2.58. The molecule has 206 valence electrons. The second kappa shape index (κ2) is 12.4. The molecule has 9 heteroatoms. The van der Waals surface area contributed by atoms with Crippen molar-refractivity contribution in [3.05, 3.63) is 76.9 Å². The van der Waals surface area contributed by atoms with Crippen LogP contribution in [0.15, 0.2) is 65.7 Å². The van der Waals surface area contributed by atoms with E-state index in [9.17, 15) is 29.7 Å². The van der Waals surface area contributed by atoms with Crippen LogP contribution in [0, 0.1) is 17.8 Å². The summed E-state index contributed by atoms with van der Waals surface area (Å²) in [5.74, 6) is -3.98. The molecule has 0 saturated carbocycles. The summed E-state index contributed by atoms with van der Waals surface area (Å²) in [5, 5.41) is 32.2. The smallest absolute Gasteiger partial charge is 0.423 e. The molecule has 39 heavy (non-hydrogen) atoms. The van der Waals surface area contributed by atoms with Gasteiger partial charge < -0.3 is 24.8 Å². The number of nitrogens with zero attached hydrogens (tertiary/aromatic N) is 1. The van der Waals surface area contributed by atoms with Crippen LogP contribution in [-0.2, 0) is 19.1 Å². The van der Waals surface area contributed by atoms with E-state index in [4.69, 9.17) is 4.74 Å². The maximum atomic E-state index is 13.2. The Bertz CT molecular complexity index is 1280. The summed E-state index contributed by atoms with van der Waals surface area (Å²) < 4.78 is 9.99. The second-order valence-electron chi connectivity index (χ2n) is 9.75. The topological polar surface area (TPSA) is 134 Å². The van der Waals surface area contributed by atoms with Crippen LogP contribution in [0.4, 0.5) is 4.79 Å². The number of carbonyl (C=O) groups excluding carboxylic acids is 3. The minimum atomic E-state index is -1.06. The molecule has 1 heterocycles. The Morgan fingerprint density at radius 1 is 1.08 bits per heavy atom. The van der Waals surface area contributed by atoms with Gasteiger partial charge in [-0.3, -0.25) is 9.59 Å². The van der Waals surface area contributed by atoms with Gasteiger partial charge >= 0.3 is 6.09 Å². The van der Waals surface area contributed by atoms with Gasteiger partial charge in [0.2, 0.25) is 11.8 Å². The number of allylic oxidation sites excluding steroid dienone is 1. The molecule has 2 aliphatic rings. The van der Waals surface area contributed by atoms with Crippen LogP contribution < -0.4 is 0 Å². The van der Waals surface area contributed by atoms with Crippen molar-refractivity contribution in [2.45, 2.75) is 25.4 Å². The molecule has 4 atom stereocenters. The van der Waals surface area contributed by atoms with Gasteiger partial charge in [-0.15, -0.1) is 0 Å². The zero-order valence-corrected chi connectivity index (χ0v) is 21.9. The highest BCUT2D eigenvalue weighted by Crippen LogP contribution is 2.46. The SMILES string of the molecule is COCC1=C([C@H](O)CC/C(=C/c2ccccc2O)c2ccccc2)[C@H](CO)[C@@H]2C(=O)N(C(=O)OC)C(=O)[C@@H]2C1. The van der Waals surface area contributed by atoms with E-state index in [-0.39, 0.29) is 25.2 Å². The first-order chi connectivity index (χ1) is 18.8. The minimum absolute atomic E-state index is 0.102. The highest BCUT2D eigenvalue weighted by molar-refractivity contribution is 6.16. The standard InChI is InChI=1S/C30H33NO8/c1-38-17-21-15-22-27(29(36)31(28(22)35)30(37)39-2)23(16-32)26(21)25(34)13-12-19(18-8-4-3-5-9-18)14-20-10-6-7-11-24(20)33/h3-11,14,22-23,25,27,32-34H,12-13,15-17H2,1-2H3/b19-14-/t22-,23+,25-,27-/m1/s1. The molecule has 9 nitrogen and oxygen atoms in total. The fourth-order valence-corrected chi connectivity index (χ4v) is 5.73. The summed E-state index contributed by atoms with van der Waals surface area (Å²) in [4.78, 5) is 38.8. The Kier molecular flexibility index (Phi) is 8.96. The van der Waals surface area contributed by atoms with Gasteiger partial charge in [-0.05, 0) is 53.7 Å². The van der Waals surface area contributed by atoms with Crippen molar-refractivity contribution < 1.29 is 39.2 Å². The van der Waals surface area contributed by atoms with Crippen molar-refractivity contribution in [1.29, 1.82) is 0 Å². The first-order valence-corrected chi connectivity index (χ1v) is 12.8. The number of fused-ring (bicyclic) bond motifs is 1. The summed E-state index contributed by atoms with van der Waals surface area (Å²) in [5.41, 5.74) is 3.53. The van der Waals surface area contributed by atoms with E-state index in [1.165, 1.54) is 7.11 Å². The monoisotopic (exact) mass is 535 g/mol. The number of ether oxygens (including phenoxy) is 2. The number of para-hydroxylation sites is 1. The molecule has 1 aliphatic heterocycles. The number of imide groups is 3. The maximum Gasteiger partial charge on any atom is 0.423 e. The van der Waals surface area contributed by atoms with Gasteiger partial charge in [0, 0.05) is 18.6 Å². The van der Waals surface area contributed by atoms with Gasteiger partial charge in [-0.2, -0.15) is 4.90 Å². The van der Waals surface area contributed by atoms with Crippen LogP contribution in [0.5, 0.6) is 5.75 Å². The highest BCUT2D eigenvalue weighted by Gasteiger charge is 2.57. The lowest BCUT2D eigenvalue weighted by Gasteiger charge is -2.36. The van der Waals surface area contributed by atoms with Crippen LogP contribution in [0.25, 0.3) is 11.6 Å². The summed E-state index contributed by atoms with van der Waals surface area (Å²) in [6.07, 6.45) is 0.534. The number of hydrogen-bond donors (Lipinski definition) is 3. The number of phenols is 1. The van der Waals surface area contributed by atoms with Gasteiger partial charge in [-0.25, -0.2) is 4.79 Å². The van der Waals surface area contributed by atoms with E-state index in [0.29, 0.717) is 28.0 Å². The van der Waals surface area contributed by atoms with E-state index < -0.39 is 48.4 Å². The molecule has 3 amide bonds. The largest absolute Gasteiger partial charge is 0.507 e. The number of rotatable bonds is 9. The molecule has 2 aromatic rings. The van der Waals surface area contributed by atoms with Gasteiger partial charge in [0.25, 0.3) is 0 Å². The fourth-order valence-electron chi connectivity index (χ4n) is 5.73. The molecule has 0 spiro atoms. The lowest BCUT2D eigenvalue weighted by molar-refractivity contribution is -0.137. The number of hydrogen-bond acceptors (Lipinski definition) is 8. The average Bonchev–Trinajstić information content (AvgIpc) is 3.20. The molecule has 0 bridgehead atoms. The van der Waals surface area contributed by atoms with E-state index in [1.807, 2.05) is 42.5 Å². The Labute approximate surface area is 227 Å². The zero-order chi connectivity index (χ0) is 28.1. The Balaban J connectivity index is 1.65. The van der Waals surface area contributed by atoms with Crippen molar-refractivity contribution >= 4 is 29.6 Å². The molecule has 2 aromatic carbocycles. The molecule has 1 aliphatic carbocycles. The second-order valence-corrected chi connectivity index (χ2v) is 9.75. The zero-order valence-electron chi connectivity index (χ0n) is 21.9. The van der Waals surface area contributed by atoms with Crippen LogP contribution in [0.1, 0.15) is 30.4 Å². The van der Waals surface area contributed by atoms with E-state index in [1.54, 1.807) is 18.2 Å². The fraction of sp³-hybridized carbons (Fsp3) is 0.367. The number of methoxy groups -OCH3 is 2. The van der Waals surface area contributed by atoms with Crippen LogP contribution in [-0.4, -0.2) is 71.7 Å². The Hall–Kier alpha value is -3.79. The van der Waals surface area contributed by atoms with Gasteiger partial charge in [0.05, 0.1) is 38.3 Å². The molecule has 3 N–H and O–H groups in total. The number of phenolic OH excluding ortho intramolecular Hbond substituents is 1. The predicted molar refractivity (Wildman–Crippen MR) is 143 cm³/mol. The van der Waals surface area contributed by atoms with E-state index in [2.05, 4.69) is 4.74 Å². The predicted octanol–water partition coefficient (Wildman–Crippen LogP) is 3.40. The molecule has 0 unspecified atom stereocenters. The van der Waals surface area contributed by atoms with E-state index >= 15 is 0 Å². The number of aromatic hydroxyl groups is 1. The normalized spacial score (nSPS) is 22.2. The Morgan fingerprint density at radius 2 is 1.77 bits per heavy atom. The number of likely N-dealkylation sites (tertiary alicyclic amines) is 1. The Morgan fingerprint density at radius 3 is 2.41 bits per heavy atom. The third kappa shape index (κ3) is 5.66. The van der Waals surface area contributed by atoms with Crippen molar-refractivity contribution in [1.82, 2.24) is 4.90 Å². The molecular weight excluding hydrogens is 502 g/mol. The van der Waals surface area contributed by atoms with Gasteiger partial charge in [-0.1, -0.05) is 48.5 Å². The summed E-state index contributed by atoms with van der Waals surface area (Å²) >= 11 is 0. The minimum Gasteiger partial charge on any atom is -0.507 e. The summed E-state index contributed by atoms with van der Waals surface area (Å²) in [6, 6.07) is 16.6. The third-order valence-corrected chi connectivity index (χ3v) is 7.51. The van der Waals surface area contributed by atoms with Crippen LogP contribution in [0.2, 0.25) is 0 Å². The highest BCUT2D eigenvalue weighted by atomic mass is 16.5. The number of aliphatic hydroxyl groups is 2. The van der Waals surface area contributed by atoms with Crippen molar-refractivity contribution in [2.24, 2.45) is 17.8 Å². The molecule has 0 radical (unpaired) electrons. The van der Waals surface area contributed by atoms with Crippen molar-refractivity contribution in [2.75, 3.05) is 27.4 Å². The van der Waals surface area contributed by atoms with Crippen LogP contribution >= 0.6 is 0 Å². The number of benzene rings is 2. The molecule has 1 fully saturated rings. The quantitative estimate of drug-likeness (QED) is 0.253. The summed E-state index contributed by atoms with van der Waals surface area (Å²) in [6.45, 7) is -0.390. The molecule has 0 aromatic heterocycles.